The van der Waals surface area contributed by atoms with Crippen LogP contribution in [-0.4, -0.2) is 15.9 Å². The first-order chi connectivity index (χ1) is 8.97. The Kier molecular flexibility index (Phi) is 3.96. The molecule has 1 amide bonds. The molecule has 2 rings (SSSR count). The monoisotopic (exact) mass is 344 g/mol. The minimum absolute atomic E-state index is 0.0345. The number of halogens is 3. The molecule has 0 aliphatic carbocycles. The summed E-state index contributed by atoms with van der Waals surface area (Å²) in [6.07, 6.45) is 2.58. The van der Waals surface area contributed by atoms with Crippen LogP contribution in [0.4, 0.5) is 15.9 Å². The molecular formula is C11H7BrClFN4O. The lowest BCUT2D eigenvalue weighted by molar-refractivity contribution is 0.102. The minimum atomic E-state index is -0.547. The molecule has 0 atom stereocenters. The van der Waals surface area contributed by atoms with Gasteiger partial charge in [0.25, 0.3) is 5.91 Å². The second-order valence-electron chi connectivity index (χ2n) is 3.53. The summed E-state index contributed by atoms with van der Waals surface area (Å²) in [6.45, 7) is 0. The topological polar surface area (TPSA) is 80.9 Å². The fraction of sp³-hybridized carbons (Fsp3) is 0. The highest BCUT2D eigenvalue weighted by Gasteiger charge is 2.14. The first-order valence-corrected chi connectivity index (χ1v) is 6.18. The smallest absolute Gasteiger partial charge is 0.276 e. The summed E-state index contributed by atoms with van der Waals surface area (Å²) in [5.74, 6) is -0.940. The molecule has 1 aromatic heterocycles. The molecule has 0 aliphatic rings. The third kappa shape index (κ3) is 3.18. The molecule has 0 fully saturated rings. The number of aromatic nitrogens is 2. The van der Waals surface area contributed by atoms with Crippen molar-refractivity contribution < 1.29 is 9.18 Å². The van der Waals surface area contributed by atoms with Gasteiger partial charge in [-0.05, 0) is 28.1 Å². The standard InChI is InChI=1S/C11H7BrClFN4O/c12-6-1-5(14)2-7(13)10(6)18-11(19)8-3-16-4-9(15)17-8/h1-4H,(H2,15,17)(H,18,19). The molecule has 98 valence electrons. The van der Waals surface area contributed by atoms with Gasteiger partial charge < -0.3 is 11.1 Å². The Labute approximate surface area is 121 Å². The number of hydrogen-bond donors (Lipinski definition) is 2. The average Bonchev–Trinajstić information content (AvgIpc) is 2.33. The highest BCUT2D eigenvalue weighted by Crippen LogP contribution is 2.31. The number of rotatable bonds is 2. The zero-order valence-electron chi connectivity index (χ0n) is 9.32. The van der Waals surface area contributed by atoms with Crippen molar-refractivity contribution in [3.8, 4) is 0 Å². The quantitative estimate of drug-likeness (QED) is 0.877. The van der Waals surface area contributed by atoms with Gasteiger partial charge in [0.15, 0.2) is 0 Å². The van der Waals surface area contributed by atoms with E-state index in [0.29, 0.717) is 4.47 Å². The van der Waals surface area contributed by atoms with E-state index < -0.39 is 11.7 Å². The number of nitrogens with zero attached hydrogens (tertiary/aromatic N) is 2. The maximum Gasteiger partial charge on any atom is 0.276 e. The molecule has 0 unspecified atom stereocenters. The van der Waals surface area contributed by atoms with E-state index in [9.17, 15) is 9.18 Å². The Balaban J connectivity index is 2.29. The first kappa shape index (κ1) is 13.7. The molecule has 0 saturated carbocycles. The summed E-state index contributed by atoms with van der Waals surface area (Å²) in [7, 11) is 0. The molecule has 5 nitrogen and oxygen atoms in total. The number of hydrogen-bond acceptors (Lipinski definition) is 4. The molecule has 3 N–H and O–H groups in total. The molecule has 0 saturated heterocycles. The van der Waals surface area contributed by atoms with Crippen LogP contribution >= 0.6 is 27.5 Å². The van der Waals surface area contributed by atoms with Gasteiger partial charge in [-0.1, -0.05) is 11.6 Å². The summed E-state index contributed by atoms with van der Waals surface area (Å²) in [6, 6.07) is 2.28. The fourth-order valence-corrected chi connectivity index (χ4v) is 2.23. The maximum absolute atomic E-state index is 13.1. The van der Waals surface area contributed by atoms with E-state index in [1.54, 1.807) is 0 Å². The zero-order chi connectivity index (χ0) is 14.0. The molecule has 0 bridgehead atoms. The van der Waals surface area contributed by atoms with Crippen LogP contribution in [0.1, 0.15) is 10.5 Å². The normalized spacial score (nSPS) is 10.3. The molecule has 0 spiro atoms. The number of nitrogens with one attached hydrogen (secondary N) is 1. The number of anilines is 2. The fourth-order valence-electron chi connectivity index (χ4n) is 1.33. The van der Waals surface area contributed by atoms with Gasteiger partial charge in [0.05, 0.1) is 23.1 Å². The Morgan fingerprint density at radius 1 is 1.42 bits per heavy atom. The Morgan fingerprint density at radius 3 is 2.79 bits per heavy atom. The molecule has 1 aromatic carbocycles. The third-order valence-corrected chi connectivity index (χ3v) is 3.05. The maximum atomic E-state index is 13.1. The largest absolute Gasteiger partial charge is 0.382 e. The summed E-state index contributed by atoms with van der Waals surface area (Å²) < 4.78 is 13.4. The Hall–Kier alpha value is -1.73. The van der Waals surface area contributed by atoms with Gasteiger partial charge in [0.1, 0.15) is 17.3 Å². The van der Waals surface area contributed by atoms with Crippen LogP contribution in [0.15, 0.2) is 29.0 Å². The summed E-state index contributed by atoms with van der Waals surface area (Å²) in [5.41, 5.74) is 5.71. The number of nitrogens with two attached hydrogens (primary N) is 1. The van der Waals surface area contributed by atoms with Gasteiger partial charge in [-0.2, -0.15) is 0 Å². The van der Waals surface area contributed by atoms with E-state index in [-0.39, 0.29) is 22.2 Å². The third-order valence-electron chi connectivity index (χ3n) is 2.13. The Morgan fingerprint density at radius 2 is 2.16 bits per heavy atom. The van der Waals surface area contributed by atoms with Crippen molar-refractivity contribution in [2.75, 3.05) is 11.1 Å². The van der Waals surface area contributed by atoms with Gasteiger partial charge in [0.2, 0.25) is 0 Å². The van der Waals surface area contributed by atoms with E-state index >= 15 is 0 Å². The first-order valence-electron chi connectivity index (χ1n) is 5.01. The predicted octanol–water partition coefficient (Wildman–Crippen LogP) is 2.87. The lowest BCUT2D eigenvalue weighted by atomic mass is 10.3. The number of carbonyl (C=O) groups is 1. The van der Waals surface area contributed by atoms with E-state index in [1.165, 1.54) is 18.5 Å². The van der Waals surface area contributed by atoms with Crippen LogP contribution < -0.4 is 11.1 Å². The molecular weight excluding hydrogens is 339 g/mol. The molecule has 2 aromatic rings. The second-order valence-corrected chi connectivity index (χ2v) is 4.79. The highest BCUT2D eigenvalue weighted by molar-refractivity contribution is 9.10. The van der Waals surface area contributed by atoms with Crippen LogP contribution in [0.25, 0.3) is 0 Å². The van der Waals surface area contributed by atoms with E-state index in [1.807, 2.05) is 0 Å². The van der Waals surface area contributed by atoms with Gasteiger partial charge in [-0.25, -0.2) is 9.37 Å². The van der Waals surface area contributed by atoms with Crippen LogP contribution in [0.5, 0.6) is 0 Å². The predicted molar refractivity (Wildman–Crippen MR) is 73.5 cm³/mol. The van der Waals surface area contributed by atoms with Gasteiger partial charge in [-0.3, -0.25) is 9.78 Å². The second kappa shape index (κ2) is 5.50. The number of benzene rings is 1. The van der Waals surface area contributed by atoms with Crippen LogP contribution in [0.2, 0.25) is 5.02 Å². The lowest BCUT2D eigenvalue weighted by Gasteiger charge is -2.09. The van der Waals surface area contributed by atoms with E-state index in [4.69, 9.17) is 17.3 Å². The van der Waals surface area contributed by atoms with Crippen molar-refractivity contribution in [1.29, 1.82) is 0 Å². The zero-order valence-corrected chi connectivity index (χ0v) is 11.7. The van der Waals surface area contributed by atoms with Gasteiger partial charge >= 0.3 is 0 Å². The minimum Gasteiger partial charge on any atom is -0.382 e. The van der Waals surface area contributed by atoms with Crippen molar-refractivity contribution in [2.24, 2.45) is 0 Å². The van der Waals surface area contributed by atoms with Crippen LogP contribution in [-0.2, 0) is 0 Å². The van der Waals surface area contributed by atoms with Crippen molar-refractivity contribution in [3.05, 3.63) is 45.5 Å². The Bertz CT molecular complexity index is 629. The number of amides is 1. The molecule has 0 radical (unpaired) electrons. The molecule has 19 heavy (non-hydrogen) atoms. The van der Waals surface area contributed by atoms with Gasteiger partial charge in [-0.15, -0.1) is 0 Å². The summed E-state index contributed by atoms with van der Waals surface area (Å²) >= 11 is 8.97. The van der Waals surface area contributed by atoms with Crippen molar-refractivity contribution >= 4 is 44.9 Å². The SMILES string of the molecule is Nc1cncc(C(=O)Nc2c(Cl)cc(F)cc2Br)n1. The summed E-state index contributed by atoms with van der Waals surface area (Å²) in [5, 5.41) is 2.57. The van der Waals surface area contributed by atoms with Crippen LogP contribution in [0, 0.1) is 5.82 Å². The lowest BCUT2D eigenvalue weighted by Crippen LogP contribution is -2.15. The van der Waals surface area contributed by atoms with Gasteiger partial charge in [0, 0.05) is 4.47 Å². The van der Waals surface area contributed by atoms with E-state index in [0.717, 1.165) is 6.07 Å². The van der Waals surface area contributed by atoms with Crippen LogP contribution in [0.3, 0.4) is 0 Å². The number of carbonyl (C=O) groups excluding carboxylic acids is 1. The highest BCUT2D eigenvalue weighted by atomic mass is 79.9. The molecule has 1 heterocycles. The van der Waals surface area contributed by atoms with Crippen molar-refractivity contribution in [3.63, 3.8) is 0 Å². The van der Waals surface area contributed by atoms with Crippen molar-refractivity contribution in [2.45, 2.75) is 0 Å². The summed E-state index contributed by atoms with van der Waals surface area (Å²) in [4.78, 5) is 19.5. The van der Waals surface area contributed by atoms with E-state index in [2.05, 4.69) is 31.2 Å². The van der Waals surface area contributed by atoms with Crippen molar-refractivity contribution in [1.82, 2.24) is 9.97 Å². The molecule has 8 heteroatoms. The number of nitrogen functional groups attached to an aromatic ring is 1. The molecule has 0 aliphatic heterocycles. The average molecular weight is 346 g/mol.